The summed E-state index contributed by atoms with van der Waals surface area (Å²) in [5.74, 6) is -0.367. The Labute approximate surface area is 127 Å². The highest BCUT2D eigenvalue weighted by Gasteiger charge is 2.07. The number of H-pyrrole nitrogens is 1. The van der Waals surface area contributed by atoms with Crippen molar-refractivity contribution >= 4 is 29.7 Å². The Kier molecular flexibility index (Phi) is 4.84. The number of carbonyl (C=O) groups excluding carboxylic acids is 2. The summed E-state index contributed by atoms with van der Waals surface area (Å²) < 4.78 is 0.405. The van der Waals surface area contributed by atoms with Crippen molar-refractivity contribution in [1.29, 1.82) is 0 Å². The van der Waals surface area contributed by atoms with Gasteiger partial charge in [-0.05, 0) is 29.8 Å². The van der Waals surface area contributed by atoms with Crippen LogP contribution in [0.3, 0.4) is 0 Å². The zero-order valence-electron chi connectivity index (χ0n) is 11.5. The van der Waals surface area contributed by atoms with Crippen molar-refractivity contribution < 1.29 is 9.59 Å². The molecule has 0 atom stereocenters. The summed E-state index contributed by atoms with van der Waals surface area (Å²) >= 11 is 5.06. The van der Waals surface area contributed by atoms with Gasteiger partial charge in [0.1, 0.15) is 4.64 Å². The molecule has 6 heteroatoms. The largest absolute Gasteiger partial charge is 0.352 e. The molecule has 0 saturated heterocycles. The first kappa shape index (κ1) is 14.9. The number of aromatic nitrogens is 1. The third kappa shape index (κ3) is 4.25. The van der Waals surface area contributed by atoms with Crippen molar-refractivity contribution in [2.45, 2.75) is 13.5 Å². The summed E-state index contributed by atoms with van der Waals surface area (Å²) in [6, 6.07) is 10.7. The maximum absolute atomic E-state index is 12.0. The number of benzene rings is 1. The summed E-state index contributed by atoms with van der Waals surface area (Å²) in [6.07, 6.45) is 1.68. The summed E-state index contributed by atoms with van der Waals surface area (Å²) in [5, 5.41) is 5.50. The molecule has 108 valence electrons. The lowest BCUT2D eigenvalue weighted by Gasteiger charge is -2.08. The van der Waals surface area contributed by atoms with Gasteiger partial charge in [0.05, 0.1) is 5.56 Å². The second-order valence-corrected chi connectivity index (χ2v) is 4.89. The van der Waals surface area contributed by atoms with E-state index in [-0.39, 0.29) is 11.8 Å². The zero-order chi connectivity index (χ0) is 15.2. The lowest BCUT2D eigenvalue weighted by atomic mass is 10.2. The lowest BCUT2D eigenvalue weighted by Crippen LogP contribution is -2.23. The van der Waals surface area contributed by atoms with Crippen molar-refractivity contribution in [2.75, 3.05) is 5.32 Å². The molecular weight excluding hydrogens is 286 g/mol. The van der Waals surface area contributed by atoms with E-state index in [1.165, 1.54) is 6.92 Å². The average Bonchev–Trinajstić information content (AvgIpc) is 2.45. The molecule has 0 aliphatic rings. The Balaban J connectivity index is 2.03. The molecule has 0 aliphatic carbocycles. The number of rotatable bonds is 4. The Bertz CT molecular complexity index is 725. The van der Waals surface area contributed by atoms with E-state index >= 15 is 0 Å². The van der Waals surface area contributed by atoms with Gasteiger partial charge in [-0.15, -0.1) is 0 Å². The van der Waals surface area contributed by atoms with Gasteiger partial charge in [-0.1, -0.05) is 24.4 Å². The molecule has 3 N–H and O–H groups in total. The monoisotopic (exact) mass is 301 g/mol. The molecule has 2 amide bonds. The summed E-state index contributed by atoms with van der Waals surface area (Å²) in [7, 11) is 0. The third-order valence-corrected chi connectivity index (χ3v) is 3.10. The number of aromatic amines is 1. The number of carbonyl (C=O) groups is 2. The quantitative estimate of drug-likeness (QED) is 0.760. The fourth-order valence-corrected chi connectivity index (χ4v) is 2.07. The van der Waals surface area contributed by atoms with Crippen molar-refractivity contribution in [3.8, 4) is 0 Å². The predicted octanol–water partition coefficient (Wildman–Crippen LogP) is 2.63. The van der Waals surface area contributed by atoms with Gasteiger partial charge in [0.15, 0.2) is 0 Å². The molecule has 0 aliphatic heterocycles. The van der Waals surface area contributed by atoms with Crippen LogP contribution >= 0.6 is 12.2 Å². The second kappa shape index (κ2) is 6.81. The number of hydrogen-bond acceptors (Lipinski definition) is 3. The Hall–Kier alpha value is -2.47. The van der Waals surface area contributed by atoms with Crippen molar-refractivity contribution in [1.82, 2.24) is 10.3 Å². The molecule has 0 radical (unpaired) electrons. The average molecular weight is 301 g/mol. The highest BCUT2D eigenvalue weighted by atomic mass is 32.1. The Morgan fingerprint density at radius 2 is 2.05 bits per heavy atom. The van der Waals surface area contributed by atoms with Crippen molar-refractivity contribution in [2.24, 2.45) is 0 Å². The number of pyridine rings is 1. The highest BCUT2D eigenvalue weighted by molar-refractivity contribution is 7.71. The second-order valence-electron chi connectivity index (χ2n) is 4.48. The number of nitrogens with one attached hydrogen (secondary N) is 3. The molecule has 1 aromatic carbocycles. The molecule has 5 nitrogen and oxygen atoms in total. The molecule has 1 heterocycles. The van der Waals surface area contributed by atoms with Crippen LogP contribution in [0.5, 0.6) is 0 Å². The number of anilines is 1. The van der Waals surface area contributed by atoms with E-state index in [1.54, 1.807) is 24.4 Å². The van der Waals surface area contributed by atoms with Crippen LogP contribution in [0.4, 0.5) is 5.69 Å². The maximum Gasteiger partial charge on any atom is 0.254 e. The first-order valence-corrected chi connectivity index (χ1v) is 6.79. The number of hydrogen-bond donors (Lipinski definition) is 3. The van der Waals surface area contributed by atoms with Crippen molar-refractivity contribution in [3.63, 3.8) is 0 Å². The van der Waals surface area contributed by atoms with E-state index in [4.69, 9.17) is 12.2 Å². The van der Waals surface area contributed by atoms with Crippen LogP contribution in [0.15, 0.2) is 42.6 Å². The van der Waals surface area contributed by atoms with E-state index in [2.05, 4.69) is 15.6 Å². The topological polar surface area (TPSA) is 74.0 Å². The summed E-state index contributed by atoms with van der Waals surface area (Å²) in [4.78, 5) is 25.9. The first-order valence-electron chi connectivity index (χ1n) is 6.38. The molecular formula is C15H15N3O2S. The third-order valence-electron chi connectivity index (χ3n) is 2.76. The highest BCUT2D eigenvalue weighted by Crippen LogP contribution is 2.10. The van der Waals surface area contributed by atoms with Gasteiger partial charge in [0.2, 0.25) is 5.91 Å². The fraction of sp³-hybridized carbons (Fsp3) is 0.133. The van der Waals surface area contributed by atoms with Crippen LogP contribution in [-0.4, -0.2) is 16.8 Å². The molecule has 0 spiro atoms. The van der Waals surface area contributed by atoms with Crippen LogP contribution in [-0.2, 0) is 11.3 Å². The van der Waals surface area contributed by atoms with E-state index in [9.17, 15) is 9.59 Å². The van der Waals surface area contributed by atoms with E-state index in [0.29, 0.717) is 22.4 Å². The van der Waals surface area contributed by atoms with Gasteiger partial charge in [-0.25, -0.2) is 0 Å². The van der Waals surface area contributed by atoms with E-state index < -0.39 is 0 Å². The van der Waals surface area contributed by atoms with Gasteiger partial charge in [-0.3, -0.25) is 9.59 Å². The van der Waals surface area contributed by atoms with Gasteiger partial charge in [-0.2, -0.15) is 0 Å². The molecule has 0 unspecified atom stereocenters. The Morgan fingerprint density at radius 1 is 1.24 bits per heavy atom. The van der Waals surface area contributed by atoms with Gasteiger partial charge in [0.25, 0.3) is 5.91 Å². The first-order chi connectivity index (χ1) is 10.1. The standard InChI is InChI=1S/C15H15N3O2S/c1-10(19)18-12-5-2-4-11(8-12)9-17-14(20)13-6-3-7-16-15(13)21/h2-8H,9H2,1H3,(H,16,21)(H,17,20)(H,18,19). The predicted molar refractivity (Wildman–Crippen MR) is 83.5 cm³/mol. The minimum Gasteiger partial charge on any atom is -0.352 e. The Morgan fingerprint density at radius 3 is 2.76 bits per heavy atom. The molecule has 2 rings (SSSR count). The molecule has 0 bridgehead atoms. The maximum atomic E-state index is 12.0. The fourth-order valence-electron chi connectivity index (χ4n) is 1.84. The van der Waals surface area contributed by atoms with E-state index in [0.717, 1.165) is 5.56 Å². The SMILES string of the molecule is CC(=O)Nc1cccc(CNC(=O)c2ccc[nH]c2=S)c1. The van der Waals surface area contributed by atoms with Crippen LogP contribution in [0.2, 0.25) is 0 Å². The zero-order valence-corrected chi connectivity index (χ0v) is 12.3. The summed E-state index contributed by atoms with van der Waals surface area (Å²) in [5.41, 5.74) is 2.03. The van der Waals surface area contributed by atoms with E-state index in [1.807, 2.05) is 18.2 Å². The summed E-state index contributed by atoms with van der Waals surface area (Å²) in [6.45, 7) is 1.81. The smallest absolute Gasteiger partial charge is 0.254 e. The van der Waals surface area contributed by atoms with Gasteiger partial charge < -0.3 is 15.6 Å². The molecule has 0 fully saturated rings. The molecule has 21 heavy (non-hydrogen) atoms. The van der Waals surface area contributed by atoms with Gasteiger partial charge in [0, 0.05) is 25.4 Å². The normalized spacial score (nSPS) is 9.95. The number of amides is 2. The minimum absolute atomic E-state index is 0.133. The lowest BCUT2D eigenvalue weighted by molar-refractivity contribution is -0.114. The minimum atomic E-state index is -0.234. The van der Waals surface area contributed by atoms with Crippen LogP contribution in [0.25, 0.3) is 0 Å². The molecule has 2 aromatic rings. The molecule has 1 aromatic heterocycles. The molecule has 0 saturated carbocycles. The van der Waals surface area contributed by atoms with Crippen molar-refractivity contribution in [3.05, 3.63) is 58.4 Å². The van der Waals surface area contributed by atoms with Gasteiger partial charge >= 0.3 is 0 Å². The van der Waals surface area contributed by atoms with Crippen LogP contribution in [0.1, 0.15) is 22.8 Å². The van der Waals surface area contributed by atoms with Crippen LogP contribution < -0.4 is 10.6 Å². The van der Waals surface area contributed by atoms with Crippen LogP contribution in [0, 0.1) is 4.64 Å².